The van der Waals surface area contributed by atoms with Crippen molar-refractivity contribution >= 4 is 22.6 Å². The van der Waals surface area contributed by atoms with Gasteiger partial charge in [-0.1, -0.05) is 42.2 Å². The Kier molecular flexibility index (Phi) is 3.47. The quantitative estimate of drug-likeness (QED) is 0.533. The minimum absolute atomic E-state index is 0.0669. The van der Waals surface area contributed by atoms with Crippen LogP contribution in [-0.4, -0.2) is 16.1 Å². The van der Waals surface area contributed by atoms with Gasteiger partial charge in [-0.2, -0.15) is 0 Å². The number of aromatic nitrogens is 1. The first-order valence-corrected chi connectivity index (χ1v) is 6.65. The molecule has 0 aliphatic rings. The summed E-state index contributed by atoms with van der Waals surface area (Å²) in [5.74, 6) is 4.94. The molecule has 3 rings (SSSR count). The number of carboxylic acids is 1. The number of para-hydroxylation sites is 1. The molecule has 0 aliphatic heterocycles. The smallest absolute Gasteiger partial charge is 0.354 e. The predicted octanol–water partition coefficient (Wildman–Crippen LogP) is 2.92. The zero-order valence-electron chi connectivity index (χ0n) is 11.6. The second kappa shape index (κ2) is 5.58. The van der Waals surface area contributed by atoms with Crippen LogP contribution in [0.25, 0.3) is 10.9 Å². The maximum Gasteiger partial charge on any atom is 0.354 e. The van der Waals surface area contributed by atoms with Crippen LogP contribution in [0.4, 0.5) is 5.69 Å². The van der Waals surface area contributed by atoms with Gasteiger partial charge in [-0.3, -0.25) is 0 Å². The first-order valence-electron chi connectivity index (χ1n) is 6.65. The van der Waals surface area contributed by atoms with Crippen molar-refractivity contribution in [1.29, 1.82) is 0 Å². The summed E-state index contributed by atoms with van der Waals surface area (Å²) in [5, 5.41) is 9.94. The number of anilines is 1. The first-order chi connectivity index (χ1) is 10.6. The van der Waals surface area contributed by atoms with E-state index in [1.807, 2.05) is 36.4 Å². The van der Waals surface area contributed by atoms with E-state index in [1.165, 1.54) is 6.07 Å². The lowest BCUT2D eigenvalue weighted by Gasteiger charge is -2.05. The van der Waals surface area contributed by atoms with Gasteiger partial charge >= 0.3 is 5.97 Å². The molecule has 0 amide bonds. The summed E-state index contributed by atoms with van der Waals surface area (Å²) in [4.78, 5) is 15.3. The lowest BCUT2D eigenvalue weighted by Crippen LogP contribution is -2.03. The van der Waals surface area contributed by atoms with Crippen molar-refractivity contribution in [2.24, 2.45) is 0 Å². The van der Waals surface area contributed by atoms with Crippen molar-refractivity contribution in [1.82, 2.24) is 4.98 Å². The topological polar surface area (TPSA) is 76.2 Å². The molecule has 0 saturated heterocycles. The molecule has 0 bridgehead atoms. The van der Waals surface area contributed by atoms with Gasteiger partial charge in [0.05, 0.1) is 11.2 Å². The molecule has 3 aromatic rings. The second-order valence-electron chi connectivity index (χ2n) is 4.72. The summed E-state index contributed by atoms with van der Waals surface area (Å²) < 4.78 is 0. The lowest BCUT2D eigenvalue weighted by molar-refractivity contribution is 0.0691. The number of rotatable bonds is 1. The Bertz CT molecular complexity index is 922. The van der Waals surface area contributed by atoms with Crippen LogP contribution < -0.4 is 5.73 Å². The fourth-order valence-corrected chi connectivity index (χ4v) is 2.14. The van der Waals surface area contributed by atoms with Crippen LogP contribution in [0.15, 0.2) is 54.6 Å². The molecule has 1 aromatic heterocycles. The normalized spacial score (nSPS) is 10.0. The highest BCUT2D eigenvalue weighted by atomic mass is 16.4. The van der Waals surface area contributed by atoms with Gasteiger partial charge in [-0.05, 0) is 24.3 Å². The third-order valence-corrected chi connectivity index (χ3v) is 3.21. The number of aromatic carboxylic acids is 1. The average Bonchev–Trinajstić information content (AvgIpc) is 2.54. The largest absolute Gasteiger partial charge is 0.477 e. The number of carboxylic acid groups (broad SMARTS) is 1. The van der Waals surface area contributed by atoms with Gasteiger partial charge in [-0.15, -0.1) is 0 Å². The molecule has 0 spiro atoms. The molecule has 2 aromatic carbocycles. The maximum absolute atomic E-state index is 11.2. The van der Waals surface area contributed by atoms with Crippen molar-refractivity contribution in [3.05, 3.63) is 71.4 Å². The lowest BCUT2D eigenvalue weighted by atomic mass is 10.1. The minimum atomic E-state index is -1.10. The Labute approximate surface area is 127 Å². The van der Waals surface area contributed by atoms with E-state index >= 15 is 0 Å². The van der Waals surface area contributed by atoms with Crippen LogP contribution >= 0.6 is 0 Å². The van der Waals surface area contributed by atoms with Crippen LogP contribution in [0.5, 0.6) is 0 Å². The molecule has 0 fully saturated rings. The summed E-state index contributed by atoms with van der Waals surface area (Å²) in [6.07, 6.45) is 0. The van der Waals surface area contributed by atoms with Gasteiger partial charge in [-0.25, -0.2) is 9.78 Å². The van der Waals surface area contributed by atoms with E-state index in [0.717, 1.165) is 10.9 Å². The van der Waals surface area contributed by atoms with E-state index in [4.69, 9.17) is 5.73 Å². The monoisotopic (exact) mass is 288 g/mol. The number of hydrogen-bond acceptors (Lipinski definition) is 3. The fourth-order valence-electron chi connectivity index (χ4n) is 2.14. The van der Waals surface area contributed by atoms with Gasteiger partial charge in [0.15, 0.2) is 0 Å². The molecule has 0 unspecified atom stereocenters. The van der Waals surface area contributed by atoms with E-state index in [2.05, 4.69) is 16.8 Å². The molecule has 1 heterocycles. The summed E-state index contributed by atoms with van der Waals surface area (Å²) in [6, 6.07) is 16.3. The Morgan fingerprint density at radius 3 is 2.55 bits per heavy atom. The summed E-state index contributed by atoms with van der Waals surface area (Å²) in [7, 11) is 0. The van der Waals surface area contributed by atoms with Crippen molar-refractivity contribution in [2.75, 3.05) is 5.73 Å². The maximum atomic E-state index is 11.2. The van der Waals surface area contributed by atoms with Crippen LogP contribution in [0, 0.1) is 11.8 Å². The third kappa shape index (κ3) is 2.60. The molecular formula is C18H12N2O2. The summed E-state index contributed by atoms with van der Waals surface area (Å²) in [5.41, 5.74) is 8.17. The molecular weight excluding hydrogens is 276 g/mol. The summed E-state index contributed by atoms with van der Waals surface area (Å²) >= 11 is 0. The molecule has 0 saturated carbocycles. The SMILES string of the molecule is Nc1cccc2c(C#Cc3ccccc3)cc(C(=O)O)nc12. The van der Waals surface area contributed by atoms with Gasteiger partial charge in [0.25, 0.3) is 0 Å². The predicted molar refractivity (Wildman–Crippen MR) is 85.5 cm³/mol. The standard InChI is InChI=1S/C18H12N2O2/c19-15-8-4-7-14-13(10-9-12-5-2-1-3-6-12)11-16(18(21)22)20-17(14)15/h1-8,11H,19H2,(H,21,22). The number of carbonyl (C=O) groups is 1. The van der Waals surface area contributed by atoms with Gasteiger partial charge in [0, 0.05) is 16.5 Å². The van der Waals surface area contributed by atoms with E-state index in [1.54, 1.807) is 12.1 Å². The van der Waals surface area contributed by atoms with E-state index in [9.17, 15) is 9.90 Å². The molecule has 0 radical (unpaired) electrons. The highest BCUT2D eigenvalue weighted by Gasteiger charge is 2.11. The number of benzene rings is 2. The molecule has 0 atom stereocenters. The van der Waals surface area contributed by atoms with Gasteiger partial charge < -0.3 is 10.8 Å². The van der Waals surface area contributed by atoms with Crippen molar-refractivity contribution in [2.45, 2.75) is 0 Å². The molecule has 4 heteroatoms. The van der Waals surface area contributed by atoms with Gasteiger partial charge in [0.1, 0.15) is 5.69 Å². The number of pyridine rings is 1. The van der Waals surface area contributed by atoms with Crippen LogP contribution in [0.3, 0.4) is 0 Å². The Morgan fingerprint density at radius 2 is 1.82 bits per heavy atom. The molecule has 3 N–H and O–H groups in total. The molecule has 106 valence electrons. The van der Waals surface area contributed by atoms with Crippen molar-refractivity contribution < 1.29 is 9.90 Å². The highest BCUT2D eigenvalue weighted by Crippen LogP contribution is 2.23. The Morgan fingerprint density at radius 1 is 1.05 bits per heavy atom. The molecule has 22 heavy (non-hydrogen) atoms. The molecule has 4 nitrogen and oxygen atoms in total. The first kappa shape index (κ1) is 13.7. The van der Waals surface area contributed by atoms with Crippen LogP contribution in [0.1, 0.15) is 21.6 Å². The third-order valence-electron chi connectivity index (χ3n) is 3.21. The minimum Gasteiger partial charge on any atom is -0.477 e. The van der Waals surface area contributed by atoms with Crippen molar-refractivity contribution in [3.8, 4) is 11.8 Å². The highest BCUT2D eigenvalue weighted by molar-refractivity contribution is 5.97. The number of nitrogen functional groups attached to an aromatic ring is 1. The fraction of sp³-hybridized carbons (Fsp3) is 0. The molecule has 0 aliphatic carbocycles. The van der Waals surface area contributed by atoms with Gasteiger partial charge in [0.2, 0.25) is 0 Å². The Hall–Kier alpha value is -3.32. The van der Waals surface area contributed by atoms with Crippen LogP contribution in [-0.2, 0) is 0 Å². The second-order valence-corrected chi connectivity index (χ2v) is 4.72. The zero-order chi connectivity index (χ0) is 15.5. The van der Waals surface area contributed by atoms with E-state index in [-0.39, 0.29) is 5.69 Å². The number of nitrogens with zero attached hydrogens (tertiary/aromatic N) is 1. The Balaban J connectivity index is 2.22. The zero-order valence-corrected chi connectivity index (χ0v) is 11.6. The average molecular weight is 288 g/mol. The number of fused-ring (bicyclic) bond motifs is 1. The summed E-state index contributed by atoms with van der Waals surface area (Å²) in [6.45, 7) is 0. The number of nitrogens with two attached hydrogens (primary N) is 1. The number of hydrogen-bond donors (Lipinski definition) is 2. The van der Waals surface area contributed by atoms with E-state index < -0.39 is 5.97 Å². The van der Waals surface area contributed by atoms with Crippen molar-refractivity contribution in [3.63, 3.8) is 0 Å². The van der Waals surface area contributed by atoms with E-state index in [0.29, 0.717) is 16.8 Å². The van der Waals surface area contributed by atoms with Crippen LogP contribution in [0.2, 0.25) is 0 Å².